The van der Waals surface area contributed by atoms with Crippen molar-refractivity contribution in [3.8, 4) is 5.75 Å². The van der Waals surface area contributed by atoms with E-state index in [1.165, 1.54) is 5.56 Å². The number of nitrogens with zero attached hydrogens (tertiary/aromatic N) is 1. The lowest BCUT2D eigenvalue weighted by Crippen LogP contribution is -2.44. The SMILES string of the molecule is CN(C)CCOc1ccc2c(c1)C(=O)C[C@@H]1[C@@H]2CC[C@]2(C)[C@@H](O)CC[C@@H]12.Cl. The molecule has 1 aromatic rings. The number of ketones is 1. The molecule has 27 heavy (non-hydrogen) atoms. The van der Waals surface area contributed by atoms with E-state index in [1.54, 1.807) is 0 Å². The maximum Gasteiger partial charge on any atom is 0.163 e. The van der Waals surface area contributed by atoms with E-state index in [4.69, 9.17) is 4.74 Å². The van der Waals surface area contributed by atoms with Gasteiger partial charge in [-0.25, -0.2) is 0 Å². The van der Waals surface area contributed by atoms with Crippen LogP contribution < -0.4 is 4.74 Å². The number of rotatable bonds is 4. The number of ether oxygens (including phenoxy) is 1. The van der Waals surface area contributed by atoms with Crippen LogP contribution in [0.15, 0.2) is 18.2 Å². The Bertz CT molecular complexity index is 707. The third-order valence-electron chi connectivity index (χ3n) is 7.34. The highest BCUT2D eigenvalue weighted by molar-refractivity contribution is 5.99. The van der Waals surface area contributed by atoms with Crippen molar-refractivity contribution < 1.29 is 14.6 Å². The van der Waals surface area contributed by atoms with E-state index >= 15 is 0 Å². The first-order valence-corrected chi connectivity index (χ1v) is 10.0. The third kappa shape index (κ3) is 3.52. The first kappa shape index (κ1) is 20.6. The fourth-order valence-corrected chi connectivity index (χ4v) is 5.79. The molecule has 4 nitrogen and oxygen atoms in total. The van der Waals surface area contributed by atoms with Crippen LogP contribution in [0.1, 0.15) is 60.9 Å². The molecule has 0 heterocycles. The molecule has 1 aromatic carbocycles. The molecule has 5 atom stereocenters. The van der Waals surface area contributed by atoms with Crippen molar-refractivity contribution in [2.75, 3.05) is 27.2 Å². The highest BCUT2D eigenvalue weighted by Gasteiger charge is 2.55. The number of hydrogen-bond acceptors (Lipinski definition) is 4. The maximum atomic E-state index is 12.9. The van der Waals surface area contributed by atoms with Crippen molar-refractivity contribution in [1.29, 1.82) is 0 Å². The topological polar surface area (TPSA) is 49.8 Å². The summed E-state index contributed by atoms with van der Waals surface area (Å²) in [6.45, 7) is 3.73. The average molecular weight is 394 g/mol. The van der Waals surface area contributed by atoms with Crippen LogP contribution >= 0.6 is 12.4 Å². The summed E-state index contributed by atoms with van der Waals surface area (Å²) < 4.78 is 5.84. The van der Waals surface area contributed by atoms with Gasteiger partial charge in [0.2, 0.25) is 0 Å². The number of benzene rings is 1. The molecular formula is C22H32ClNO3. The van der Waals surface area contributed by atoms with Crippen LogP contribution in [0, 0.1) is 17.3 Å². The van der Waals surface area contributed by atoms with Crippen molar-refractivity contribution in [2.45, 2.75) is 51.0 Å². The number of carbonyl (C=O) groups excluding carboxylic acids is 1. The lowest BCUT2D eigenvalue weighted by atomic mass is 9.55. The van der Waals surface area contributed by atoms with Crippen molar-refractivity contribution in [2.24, 2.45) is 17.3 Å². The minimum absolute atomic E-state index is 0. The smallest absolute Gasteiger partial charge is 0.163 e. The molecule has 0 amide bonds. The summed E-state index contributed by atoms with van der Waals surface area (Å²) in [5.74, 6) is 2.39. The number of fused-ring (bicyclic) bond motifs is 5. The van der Waals surface area contributed by atoms with E-state index in [0.717, 1.165) is 43.5 Å². The Morgan fingerprint density at radius 3 is 2.78 bits per heavy atom. The zero-order chi connectivity index (χ0) is 18.5. The number of likely N-dealkylation sites (N-methyl/N-ethyl adjacent to an activating group) is 1. The first-order chi connectivity index (χ1) is 12.4. The number of aliphatic hydroxyl groups is 1. The lowest BCUT2D eigenvalue weighted by molar-refractivity contribution is -0.0208. The Balaban J connectivity index is 0.00000210. The Morgan fingerprint density at radius 2 is 2.04 bits per heavy atom. The normalized spacial score (nSPS) is 34.5. The molecule has 0 bridgehead atoms. The molecule has 3 aliphatic rings. The minimum Gasteiger partial charge on any atom is -0.492 e. The van der Waals surface area contributed by atoms with Gasteiger partial charge in [0.05, 0.1) is 6.10 Å². The maximum absolute atomic E-state index is 12.9. The molecule has 0 unspecified atom stereocenters. The van der Waals surface area contributed by atoms with Gasteiger partial charge in [-0.1, -0.05) is 13.0 Å². The van der Waals surface area contributed by atoms with Crippen LogP contribution in [0.25, 0.3) is 0 Å². The highest BCUT2D eigenvalue weighted by Crippen LogP contribution is 2.60. The Hall–Kier alpha value is -1.10. The van der Waals surface area contributed by atoms with Gasteiger partial charge in [0.25, 0.3) is 0 Å². The zero-order valence-electron chi connectivity index (χ0n) is 16.6. The molecule has 1 N–H and O–H groups in total. The van der Waals surface area contributed by atoms with Gasteiger partial charge < -0.3 is 14.7 Å². The molecule has 5 heteroatoms. The van der Waals surface area contributed by atoms with E-state index in [9.17, 15) is 9.90 Å². The largest absolute Gasteiger partial charge is 0.492 e. The monoisotopic (exact) mass is 393 g/mol. The van der Waals surface area contributed by atoms with Gasteiger partial charge in [-0.2, -0.15) is 0 Å². The number of carbonyl (C=O) groups is 1. The summed E-state index contributed by atoms with van der Waals surface area (Å²) >= 11 is 0. The van der Waals surface area contributed by atoms with Crippen LogP contribution in [-0.2, 0) is 0 Å². The second-order valence-electron chi connectivity index (χ2n) is 9.04. The number of aliphatic hydroxyl groups excluding tert-OH is 1. The van der Waals surface area contributed by atoms with Gasteiger partial charge in [-0.15, -0.1) is 12.4 Å². The van der Waals surface area contributed by atoms with E-state index in [-0.39, 0.29) is 29.7 Å². The summed E-state index contributed by atoms with van der Waals surface area (Å²) in [6.07, 6.45) is 4.53. The fourth-order valence-electron chi connectivity index (χ4n) is 5.79. The minimum atomic E-state index is -0.197. The summed E-state index contributed by atoms with van der Waals surface area (Å²) in [6, 6.07) is 6.12. The van der Waals surface area contributed by atoms with E-state index in [2.05, 4.69) is 17.9 Å². The molecule has 0 radical (unpaired) electrons. The van der Waals surface area contributed by atoms with Gasteiger partial charge in [0.1, 0.15) is 12.4 Å². The highest BCUT2D eigenvalue weighted by atomic mass is 35.5. The van der Waals surface area contributed by atoms with Crippen LogP contribution in [0.3, 0.4) is 0 Å². The van der Waals surface area contributed by atoms with Crippen LogP contribution in [0.5, 0.6) is 5.75 Å². The second kappa shape index (κ2) is 7.73. The third-order valence-corrected chi connectivity index (χ3v) is 7.34. The van der Waals surface area contributed by atoms with Crippen molar-refractivity contribution in [3.05, 3.63) is 29.3 Å². The molecule has 0 aliphatic heterocycles. The first-order valence-electron chi connectivity index (χ1n) is 10.0. The average Bonchev–Trinajstić information content (AvgIpc) is 2.90. The van der Waals surface area contributed by atoms with Crippen molar-refractivity contribution in [3.63, 3.8) is 0 Å². The van der Waals surface area contributed by atoms with Gasteiger partial charge >= 0.3 is 0 Å². The molecule has 0 spiro atoms. The van der Waals surface area contributed by atoms with E-state index in [0.29, 0.717) is 30.8 Å². The Labute approximate surface area is 168 Å². The Kier molecular flexibility index (Phi) is 5.90. The molecule has 0 saturated heterocycles. The molecule has 2 fully saturated rings. The fraction of sp³-hybridized carbons (Fsp3) is 0.682. The quantitative estimate of drug-likeness (QED) is 0.842. The van der Waals surface area contributed by atoms with Crippen LogP contribution in [0.4, 0.5) is 0 Å². The zero-order valence-corrected chi connectivity index (χ0v) is 17.4. The van der Waals surface area contributed by atoms with E-state index in [1.807, 2.05) is 26.2 Å². The van der Waals surface area contributed by atoms with Gasteiger partial charge in [0, 0.05) is 18.5 Å². The molecule has 3 aliphatic carbocycles. The molecular weight excluding hydrogens is 362 g/mol. The summed E-state index contributed by atoms with van der Waals surface area (Å²) in [5.41, 5.74) is 2.10. The predicted octanol–water partition coefficient (Wildman–Crippen LogP) is 3.91. The standard InChI is InChI=1S/C22H31NO3.ClH/c1-22-9-8-16-15-5-4-14(26-11-10-23(2)3)12-18(15)20(24)13-17(16)19(22)6-7-21(22)25;/h4-5,12,16-17,19,21,25H,6-11,13H2,1-3H3;1H/t16-,17-,19+,21+,22+;/m1./s1. The summed E-state index contributed by atoms with van der Waals surface area (Å²) in [7, 11) is 4.05. The van der Waals surface area contributed by atoms with Crippen molar-refractivity contribution in [1.82, 2.24) is 4.90 Å². The lowest BCUT2D eigenvalue weighted by Gasteiger charge is -2.49. The number of Topliss-reactive ketones (excluding diaryl/α,β-unsaturated/α-hetero) is 1. The summed E-state index contributed by atoms with van der Waals surface area (Å²) in [5, 5.41) is 10.5. The van der Waals surface area contributed by atoms with Crippen LogP contribution in [-0.4, -0.2) is 49.1 Å². The molecule has 150 valence electrons. The molecule has 4 rings (SSSR count). The number of halogens is 1. The van der Waals surface area contributed by atoms with Crippen LogP contribution in [0.2, 0.25) is 0 Å². The predicted molar refractivity (Wildman–Crippen MR) is 109 cm³/mol. The van der Waals surface area contributed by atoms with E-state index < -0.39 is 0 Å². The second-order valence-corrected chi connectivity index (χ2v) is 9.04. The summed E-state index contributed by atoms with van der Waals surface area (Å²) in [4.78, 5) is 15.0. The Morgan fingerprint density at radius 1 is 1.26 bits per heavy atom. The van der Waals surface area contributed by atoms with Crippen molar-refractivity contribution >= 4 is 18.2 Å². The van der Waals surface area contributed by atoms with Gasteiger partial charge in [-0.05, 0) is 80.6 Å². The molecule has 2 saturated carbocycles. The van der Waals surface area contributed by atoms with Gasteiger partial charge in [-0.3, -0.25) is 4.79 Å². The molecule has 0 aromatic heterocycles. The van der Waals surface area contributed by atoms with Gasteiger partial charge in [0.15, 0.2) is 5.78 Å². The number of hydrogen-bond donors (Lipinski definition) is 1.